The van der Waals surface area contributed by atoms with Crippen LogP contribution < -0.4 is 11.2 Å². The first kappa shape index (κ1) is 21.3. The number of carbonyl (C=O) groups excluding carboxylic acids is 1. The van der Waals surface area contributed by atoms with Crippen LogP contribution in [0.2, 0.25) is 10.0 Å². The second-order valence-electron chi connectivity index (χ2n) is 5.73. The molecule has 0 radical (unpaired) electrons. The molecular weight excluding hydrogens is 450 g/mol. The molecule has 0 spiro atoms. The molecule has 3 aromatic rings. The number of thioether (sulfide) groups is 1. The van der Waals surface area contributed by atoms with Crippen LogP contribution in [0.25, 0.3) is 0 Å². The third-order valence-corrected chi connectivity index (χ3v) is 5.26. The summed E-state index contributed by atoms with van der Waals surface area (Å²) in [5, 5.41) is 8.58. The van der Waals surface area contributed by atoms with Gasteiger partial charge in [-0.3, -0.25) is 4.79 Å². The molecule has 1 unspecified atom stereocenters. The van der Waals surface area contributed by atoms with Gasteiger partial charge in [-0.05, 0) is 23.8 Å². The van der Waals surface area contributed by atoms with E-state index in [1.54, 1.807) is 30.3 Å². The van der Waals surface area contributed by atoms with E-state index in [4.69, 9.17) is 29.0 Å². The fraction of sp³-hybridized carbons (Fsp3) is 0.118. The van der Waals surface area contributed by atoms with E-state index in [1.807, 2.05) is 0 Å². The Kier molecular flexibility index (Phi) is 6.25. The van der Waals surface area contributed by atoms with Crippen LogP contribution in [-0.2, 0) is 11.0 Å². The molecule has 0 saturated carbocycles. The summed E-state index contributed by atoms with van der Waals surface area (Å²) in [6.45, 7) is 0. The van der Waals surface area contributed by atoms with Gasteiger partial charge >= 0.3 is 6.18 Å². The maximum atomic E-state index is 12.9. The van der Waals surface area contributed by atoms with Crippen molar-refractivity contribution in [1.29, 1.82) is 0 Å². The number of anilines is 1. The van der Waals surface area contributed by atoms with Crippen molar-refractivity contribution in [3.8, 4) is 0 Å². The predicted molar refractivity (Wildman–Crippen MR) is 105 cm³/mol. The molecular formula is C17H12Cl2F3N5OS. The molecule has 0 bridgehead atoms. The molecule has 3 N–H and O–H groups in total. The summed E-state index contributed by atoms with van der Waals surface area (Å²) in [5.41, 5.74) is 0.860. The van der Waals surface area contributed by atoms with E-state index >= 15 is 0 Å². The summed E-state index contributed by atoms with van der Waals surface area (Å²) in [5.74, 6) is 3.59. The van der Waals surface area contributed by atoms with Gasteiger partial charge < -0.3 is 11.2 Å². The van der Waals surface area contributed by atoms with Crippen molar-refractivity contribution in [2.24, 2.45) is 0 Å². The number of alkyl halides is 3. The molecule has 2 aromatic carbocycles. The lowest BCUT2D eigenvalue weighted by molar-refractivity contribution is -0.146. The number of hydrogen-bond donors (Lipinski definition) is 2. The second-order valence-corrected chi connectivity index (χ2v) is 7.68. The number of nitrogens with zero attached hydrogens (tertiary/aromatic N) is 3. The molecule has 1 amide bonds. The monoisotopic (exact) mass is 461 g/mol. The van der Waals surface area contributed by atoms with E-state index in [1.165, 1.54) is 18.2 Å². The Balaban J connectivity index is 1.92. The van der Waals surface area contributed by atoms with E-state index in [9.17, 15) is 18.0 Å². The molecule has 12 heteroatoms. The molecule has 1 heterocycles. The first-order valence-electron chi connectivity index (χ1n) is 7.91. The average molecular weight is 462 g/mol. The van der Waals surface area contributed by atoms with Gasteiger partial charge in [0.05, 0.1) is 0 Å². The Morgan fingerprint density at radius 2 is 1.72 bits per heavy atom. The minimum Gasteiger partial charge on any atom is -0.335 e. The van der Waals surface area contributed by atoms with Crippen molar-refractivity contribution in [2.45, 2.75) is 16.6 Å². The first-order valence-corrected chi connectivity index (χ1v) is 9.55. The number of rotatable bonds is 5. The number of nitrogens with one attached hydrogen (secondary N) is 1. The van der Waals surface area contributed by atoms with Gasteiger partial charge in [0.25, 0.3) is 5.82 Å². The van der Waals surface area contributed by atoms with Gasteiger partial charge in [0.1, 0.15) is 5.25 Å². The van der Waals surface area contributed by atoms with Gasteiger partial charge in [-0.1, -0.05) is 65.3 Å². The quantitative estimate of drug-likeness (QED) is 0.421. The van der Waals surface area contributed by atoms with Crippen LogP contribution in [-0.4, -0.2) is 20.8 Å². The first-order chi connectivity index (χ1) is 13.6. The van der Waals surface area contributed by atoms with E-state index in [0.29, 0.717) is 26.0 Å². The van der Waals surface area contributed by atoms with Crippen LogP contribution in [0.5, 0.6) is 0 Å². The molecule has 6 nitrogen and oxygen atoms in total. The van der Waals surface area contributed by atoms with Crippen LogP contribution in [0.15, 0.2) is 53.7 Å². The number of carbonyl (C=O) groups is 1. The lowest BCUT2D eigenvalue weighted by Crippen LogP contribution is -2.23. The Bertz CT molecular complexity index is 1010. The van der Waals surface area contributed by atoms with Gasteiger partial charge in [-0.25, -0.2) is 4.68 Å². The molecule has 1 atom stereocenters. The van der Waals surface area contributed by atoms with Crippen molar-refractivity contribution < 1.29 is 18.0 Å². The molecule has 29 heavy (non-hydrogen) atoms. The van der Waals surface area contributed by atoms with Gasteiger partial charge in [0.15, 0.2) is 0 Å². The van der Waals surface area contributed by atoms with Crippen molar-refractivity contribution in [3.63, 3.8) is 0 Å². The van der Waals surface area contributed by atoms with Gasteiger partial charge in [-0.15, -0.1) is 10.2 Å². The number of nitrogens with two attached hydrogens (primary N) is 1. The van der Waals surface area contributed by atoms with E-state index in [2.05, 4.69) is 15.5 Å². The van der Waals surface area contributed by atoms with Crippen LogP contribution in [0.3, 0.4) is 0 Å². The molecule has 3 rings (SSSR count). The Morgan fingerprint density at radius 1 is 1.10 bits per heavy atom. The van der Waals surface area contributed by atoms with Crippen LogP contribution in [0.1, 0.15) is 16.6 Å². The van der Waals surface area contributed by atoms with E-state index in [-0.39, 0.29) is 5.16 Å². The maximum absolute atomic E-state index is 12.9. The zero-order valence-electron chi connectivity index (χ0n) is 14.3. The highest BCUT2D eigenvalue weighted by atomic mass is 35.5. The number of amides is 1. The average Bonchev–Trinajstić information content (AvgIpc) is 3.00. The number of halogens is 5. The van der Waals surface area contributed by atoms with E-state index < -0.39 is 23.2 Å². The predicted octanol–water partition coefficient (Wildman–Crippen LogP) is 4.79. The number of nitrogen functional groups attached to an aromatic ring is 1. The highest BCUT2D eigenvalue weighted by Gasteiger charge is 2.39. The van der Waals surface area contributed by atoms with Crippen molar-refractivity contribution in [3.05, 3.63) is 70.0 Å². The highest BCUT2D eigenvalue weighted by Crippen LogP contribution is 2.37. The molecule has 0 saturated heterocycles. The Hall–Kier alpha value is -2.43. The molecule has 0 aliphatic rings. The molecule has 0 aliphatic heterocycles. The zero-order valence-corrected chi connectivity index (χ0v) is 16.6. The van der Waals surface area contributed by atoms with Gasteiger partial charge in [0.2, 0.25) is 11.1 Å². The van der Waals surface area contributed by atoms with Crippen molar-refractivity contribution in [2.75, 3.05) is 11.2 Å². The summed E-state index contributed by atoms with van der Waals surface area (Å²) in [7, 11) is 0. The largest absolute Gasteiger partial charge is 0.453 e. The third kappa shape index (κ3) is 5.14. The molecule has 0 fully saturated rings. The summed E-state index contributed by atoms with van der Waals surface area (Å²) < 4.78 is 39.1. The number of benzene rings is 2. The minimum atomic E-state index is -4.78. The van der Waals surface area contributed by atoms with Crippen LogP contribution in [0, 0.1) is 0 Å². The fourth-order valence-electron chi connectivity index (χ4n) is 2.39. The minimum absolute atomic E-state index is 0.273. The number of aromatic nitrogens is 3. The van der Waals surface area contributed by atoms with Gasteiger partial charge in [0, 0.05) is 15.7 Å². The highest BCUT2D eigenvalue weighted by molar-refractivity contribution is 8.00. The van der Waals surface area contributed by atoms with Gasteiger partial charge in [-0.2, -0.15) is 13.2 Å². The summed E-state index contributed by atoms with van der Waals surface area (Å²) in [6, 6.07) is 12.9. The topological polar surface area (TPSA) is 85.8 Å². The summed E-state index contributed by atoms with van der Waals surface area (Å²) in [6.07, 6.45) is -4.78. The van der Waals surface area contributed by atoms with Crippen molar-refractivity contribution in [1.82, 2.24) is 14.9 Å². The SMILES string of the molecule is Nn1c(SC(C(=O)Nc2cc(Cl)cc(Cl)c2)c2ccccc2)nnc1C(F)(F)F. The lowest BCUT2D eigenvalue weighted by atomic mass is 10.1. The molecule has 152 valence electrons. The normalized spacial score (nSPS) is 12.6. The Morgan fingerprint density at radius 3 is 2.28 bits per heavy atom. The standard InChI is InChI=1S/C17H12Cl2F3N5OS/c18-10-6-11(19)8-12(7-10)24-14(28)13(9-4-2-1-3-5-9)29-16-26-25-15(27(16)23)17(20,21)22/h1-8,13H,23H2,(H,24,28). The van der Waals surface area contributed by atoms with Crippen LogP contribution >= 0.6 is 35.0 Å². The molecule has 1 aromatic heterocycles. The second kappa shape index (κ2) is 8.52. The summed E-state index contributed by atoms with van der Waals surface area (Å²) in [4.78, 5) is 12.9. The fourth-order valence-corrected chi connectivity index (χ4v) is 3.87. The Labute approximate surface area is 177 Å². The van der Waals surface area contributed by atoms with E-state index in [0.717, 1.165) is 11.8 Å². The van der Waals surface area contributed by atoms with Crippen molar-refractivity contribution >= 4 is 46.6 Å². The third-order valence-electron chi connectivity index (χ3n) is 3.61. The lowest BCUT2D eigenvalue weighted by Gasteiger charge is -2.17. The molecule has 0 aliphatic carbocycles. The number of hydrogen-bond acceptors (Lipinski definition) is 5. The maximum Gasteiger partial charge on any atom is 0.453 e. The zero-order chi connectivity index (χ0) is 21.2. The smallest absolute Gasteiger partial charge is 0.335 e. The summed E-state index contributed by atoms with van der Waals surface area (Å²) >= 11 is 12.6. The van der Waals surface area contributed by atoms with Crippen LogP contribution in [0.4, 0.5) is 18.9 Å².